The molecule has 1 unspecified atom stereocenters. The van der Waals surface area contributed by atoms with Crippen LogP contribution in [0.3, 0.4) is 0 Å². The topological polar surface area (TPSA) is 72.2 Å². The zero-order valence-corrected chi connectivity index (χ0v) is 10.4. The molecule has 0 saturated heterocycles. The van der Waals surface area contributed by atoms with Gasteiger partial charge in [0.2, 0.25) is 10.0 Å². The van der Waals surface area contributed by atoms with Crippen LogP contribution in [0.5, 0.6) is 0 Å². The minimum atomic E-state index is -3.66. The number of benzene rings is 1. The molecule has 1 rings (SSSR count). The monoisotopic (exact) mass is 242 g/mol. The summed E-state index contributed by atoms with van der Waals surface area (Å²) in [7, 11) is -3.66. The van der Waals surface area contributed by atoms with Gasteiger partial charge in [0.1, 0.15) is 4.90 Å². The number of rotatable bonds is 5. The van der Waals surface area contributed by atoms with E-state index in [9.17, 15) is 8.42 Å². The van der Waals surface area contributed by atoms with Crippen LogP contribution in [0.4, 0.5) is 5.69 Å². The van der Waals surface area contributed by atoms with Gasteiger partial charge in [-0.3, -0.25) is 0 Å². The number of hydrogen-bond donors (Lipinski definition) is 2. The van der Waals surface area contributed by atoms with Crippen LogP contribution < -0.4 is 10.5 Å². The molecule has 5 heteroatoms. The van der Waals surface area contributed by atoms with Gasteiger partial charge in [-0.2, -0.15) is 0 Å². The van der Waals surface area contributed by atoms with Crippen molar-refractivity contribution in [3.63, 3.8) is 0 Å². The maximum Gasteiger partial charge on any atom is 0.240 e. The molecule has 0 aliphatic rings. The predicted octanol–water partition coefficient (Wildman–Crippen LogP) is 1.93. The van der Waals surface area contributed by atoms with Crippen molar-refractivity contribution in [3.8, 4) is 0 Å². The van der Waals surface area contributed by atoms with Crippen LogP contribution in [0.25, 0.3) is 0 Å². The summed E-state index contributed by atoms with van der Waals surface area (Å²) in [5.74, 6) is 0. The van der Waals surface area contributed by atoms with Crippen molar-refractivity contribution in [1.29, 1.82) is 0 Å². The Hall–Kier alpha value is -1.07. The smallest absolute Gasteiger partial charge is 0.240 e. The second kappa shape index (κ2) is 5.32. The summed E-state index contributed by atoms with van der Waals surface area (Å²) < 4.78 is 22.7. The second-order valence-corrected chi connectivity index (χ2v) is 5.41. The minimum absolute atomic E-state index is 0.151. The molecular weight excluding hydrogens is 224 g/mol. The molecule has 0 saturated carbocycles. The molecule has 0 aromatic heterocycles. The van der Waals surface area contributed by atoms with E-state index >= 15 is 0 Å². The number of para-hydroxylation sites is 1. The Balaban J connectivity index is 2.96. The fraction of sp³-hybridized carbons (Fsp3) is 0.455. The van der Waals surface area contributed by atoms with Crippen LogP contribution in [0.15, 0.2) is 29.2 Å². The summed E-state index contributed by atoms with van der Waals surface area (Å²) in [4.78, 5) is 0.151. The summed E-state index contributed by atoms with van der Waals surface area (Å²) in [6, 6.07) is 6.92. The van der Waals surface area contributed by atoms with Crippen molar-refractivity contribution >= 4 is 15.7 Å². The third-order valence-corrected chi connectivity index (χ3v) is 3.29. The first kappa shape index (κ1) is 13.0. The highest BCUT2D eigenvalue weighted by Crippen LogP contribution is 2.20. The van der Waals surface area contributed by atoms with E-state index in [0.29, 0.717) is 5.69 Å². The summed E-state index contributed by atoms with van der Waals surface area (Å²) in [5.41, 5.74) is 0.575. The Morgan fingerprint density at radius 1 is 1.38 bits per heavy atom. The van der Waals surface area contributed by atoms with Gasteiger partial charge in [-0.25, -0.2) is 13.6 Å². The molecule has 0 bridgehead atoms. The van der Waals surface area contributed by atoms with Crippen LogP contribution in [0.1, 0.15) is 26.7 Å². The van der Waals surface area contributed by atoms with E-state index < -0.39 is 10.0 Å². The second-order valence-electron chi connectivity index (χ2n) is 3.88. The molecular formula is C11H18N2O2S. The van der Waals surface area contributed by atoms with E-state index in [1.807, 2.05) is 6.92 Å². The van der Waals surface area contributed by atoms with E-state index in [1.54, 1.807) is 18.2 Å². The molecule has 0 aliphatic carbocycles. The minimum Gasteiger partial charge on any atom is -0.381 e. The van der Waals surface area contributed by atoms with Gasteiger partial charge >= 0.3 is 0 Å². The molecule has 4 nitrogen and oxygen atoms in total. The van der Waals surface area contributed by atoms with Crippen LogP contribution >= 0.6 is 0 Å². The van der Waals surface area contributed by atoms with Crippen molar-refractivity contribution in [2.45, 2.75) is 37.6 Å². The zero-order chi connectivity index (χ0) is 12.2. The molecule has 0 spiro atoms. The highest BCUT2D eigenvalue weighted by atomic mass is 32.2. The Kier molecular flexibility index (Phi) is 4.32. The van der Waals surface area contributed by atoms with Gasteiger partial charge in [0.25, 0.3) is 0 Å². The van der Waals surface area contributed by atoms with E-state index in [4.69, 9.17) is 5.14 Å². The van der Waals surface area contributed by atoms with Crippen molar-refractivity contribution < 1.29 is 8.42 Å². The van der Waals surface area contributed by atoms with E-state index in [1.165, 1.54) is 6.07 Å². The first-order valence-electron chi connectivity index (χ1n) is 5.33. The number of nitrogens with two attached hydrogens (primary N) is 1. The Bertz CT molecular complexity index is 443. The van der Waals surface area contributed by atoms with E-state index in [0.717, 1.165) is 12.8 Å². The number of sulfonamides is 1. The lowest BCUT2D eigenvalue weighted by Gasteiger charge is -2.16. The Morgan fingerprint density at radius 3 is 2.56 bits per heavy atom. The van der Waals surface area contributed by atoms with Crippen LogP contribution in [-0.4, -0.2) is 14.5 Å². The normalized spacial score (nSPS) is 13.4. The SMILES string of the molecule is CCCC(C)Nc1ccccc1S(N)(=O)=O. The third-order valence-electron chi connectivity index (χ3n) is 2.32. The summed E-state index contributed by atoms with van der Waals surface area (Å²) >= 11 is 0. The molecule has 0 aliphatic heterocycles. The molecule has 3 N–H and O–H groups in total. The average molecular weight is 242 g/mol. The van der Waals surface area contributed by atoms with Gasteiger partial charge in [0, 0.05) is 6.04 Å². The average Bonchev–Trinajstić information content (AvgIpc) is 2.17. The number of anilines is 1. The first-order chi connectivity index (χ1) is 7.45. The first-order valence-corrected chi connectivity index (χ1v) is 6.88. The van der Waals surface area contributed by atoms with Crippen molar-refractivity contribution in [2.24, 2.45) is 5.14 Å². The predicted molar refractivity (Wildman–Crippen MR) is 65.8 cm³/mol. The van der Waals surface area contributed by atoms with Gasteiger partial charge in [-0.05, 0) is 25.5 Å². The lowest BCUT2D eigenvalue weighted by Crippen LogP contribution is -2.19. The lowest BCUT2D eigenvalue weighted by atomic mass is 10.2. The summed E-state index contributed by atoms with van der Waals surface area (Å²) in [6.45, 7) is 4.10. The molecule has 0 heterocycles. The van der Waals surface area contributed by atoms with Crippen LogP contribution in [0, 0.1) is 0 Å². The Labute approximate surface area is 96.9 Å². The molecule has 1 aromatic rings. The maximum atomic E-state index is 11.3. The highest BCUT2D eigenvalue weighted by molar-refractivity contribution is 7.89. The molecule has 90 valence electrons. The summed E-state index contributed by atoms with van der Waals surface area (Å²) in [6.07, 6.45) is 2.03. The molecule has 0 fully saturated rings. The quantitative estimate of drug-likeness (QED) is 0.828. The maximum absolute atomic E-state index is 11.3. The van der Waals surface area contributed by atoms with Gasteiger partial charge < -0.3 is 5.32 Å². The van der Waals surface area contributed by atoms with Crippen LogP contribution in [-0.2, 0) is 10.0 Å². The lowest BCUT2D eigenvalue weighted by molar-refractivity contribution is 0.597. The standard InChI is InChI=1S/C11H18N2O2S/c1-3-6-9(2)13-10-7-4-5-8-11(10)16(12,14)15/h4-5,7-9,13H,3,6H2,1-2H3,(H2,12,14,15). The van der Waals surface area contributed by atoms with Gasteiger partial charge in [-0.15, -0.1) is 0 Å². The fourth-order valence-electron chi connectivity index (χ4n) is 1.60. The van der Waals surface area contributed by atoms with Crippen molar-refractivity contribution in [1.82, 2.24) is 0 Å². The fourth-order valence-corrected chi connectivity index (χ4v) is 2.31. The molecule has 1 aromatic carbocycles. The Morgan fingerprint density at radius 2 is 2.00 bits per heavy atom. The molecule has 0 amide bonds. The third kappa shape index (κ3) is 3.50. The van der Waals surface area contributed by atoms with Gasteiger partial charge in [0.05, 0.1) is 5.69 Å². The van der Waals surface area contributed by atoms with E-state index in [2.05, 4.69) is 12.2 Å². The highest BCUT2D eigenvalue weighted by Gasteiger charge is 2.13. The largest absolute Gasteiger partial charge is 0.381 e. The zero-order valence-electron chi connectivity index (χ0n) is 9.60. The molecule has 16 heavy (non-hydrogen) atoms. The molecule has 0 radical (unpaired) electrons. The van der Waals surface area contributed by atoms with Crippen molar-refractivity contribution in [2.75, 3.05) is 5.32 Å². The number of hydrogen-bond acceptors (Lipinski definition) is 3. The summed E-state index contributed by atoms with van der Waals surface area (Å²) in [5, 5.41) is 8.30. The van der Waals surface area contributed by atoms with E-state index in [-0.39, 0.29) is 10.9 Å². The van der Waals surface area contributed by atoms with Crippen molar-refractivity contribution in [3.05, 3.63) is 24.3 Å². The molecule has 1 atom stereocenters. The number of primary sulfonamides is 1. The van der Waals surface area contributed by atoms with Gasteiger partial charge in [0.15, 0.2) is 0 Å². The van der Waals surface area contributed by atoms with Gasteiger partial charge in [-0.1, -0.05) is 25.5 Å². The number of nitrogens with one attached hydrogen (secondary N) is 1. The van der Waals surface area contributed by atoms with Crippen LogP contribution in [0.2, 0.25) is 0 Å².